The number of hydrogen-bond acceptors (Lipinski definition) is 2. The van der Waals surface area contributed by atoms with Crippen molar-refractivity contribution in [3.05, 3.63) is 101 Å². The maximum atomic E-state index is 13.1. The van der Waals surface area contributed by atoms with Crippen LogP contribution in [0, 0.1) is 5.82 Å². The quantitative estimate of drug-likeness (QED) is 0.613. The summed E-state index contributed by atoms with van der Waals surface area (Å²) in [5.41, 5.74) is 3.72. The summed E-state index contributed by atoms with van der Waals surface area (Å²) >= 11 is 0. The highest BCUT2D eigenvalue weighted by molar-refractivity contribution is 6.04. The van der Waals surface area contributed by atoms with Gasteiger partial charge in [0, 0.05) is 30.4 Å². The SMILES string of the molecule is O=C(Nc1ccccc1)c1ccc(CN(Cc2ccc(F)cc2)C2CC2)cc1. The highest BCUT2D eigenvalue weighted by atomic mass is 19.1. The summed E-state index contributed by atoms with van der Waals surface area (Å²) in [6, 6.07) is 24.5. The van der Waals surface area contributed by atoms with Crippen LogP contribution in [-0.2, 0) is 13.1 Å². The summed E-state index contributed by atoms with van der Waals surface area (Å²) in [6.07, 6.45) is 2.41. The van der Waals surface area contributed by atoms with Crippen LogP contribution in [0.15, 0.2) is 78.9 Å². The van der Waals surface area contributed by atoms with Gasteiger partial charge in [-0.2, -0.15) is 0 Å². The Labute approximate surface area is 164 Å². The molecule has 142 valence electrons. The summed E-state index contributed by atoms with van der Waals surface area (Å²) in [5.74, 6) is -0.311. The van der Waals surface area contributed by atoms with E-state index in [1.807, 2.05) is 66.7 Å². The molecule has 0 unspecified atom stereocenters. The monoisotopic (exact) mass is 374 g/mol. The van der Waals surface area contributed by atoms with Crippen molar-refractivity contribution in [2.24, 2.45) is 0 Å². The Hall–Kier alpha value is -2.98. The highest BCUT2D eigenvalue weighted by Gasteiger charge is 2.28. The predicted molar refractivity (Wildman–Crippen MR) is 110 cm³/mol. The van der Waals surface area contributed by atoms with Crippen molar-refractivity contribution >= 4 is 11.6 Å². The molecule has 0 radical (unpaired) electrons. The molecule has 0 aromatic heterocycles. The Morgan fingerprint density at radius 2 is 1.43 bits per heavy atom. The summed E-state index contributed by atoms with van der Waals surface area (Å²) in [7, 11) is 0. The van der Waals surface area contributed by atoms with Crippen LogP contribution in [-0.4, -0.2) is 16.8 Å². The van der Waals surface area contributed by atoms with E-state index >= 15 is 0 Å². The number of carbonyl (C=O) groups is 1. The van der Waals surface area contributed by atoms with E-state index in [0.717, 1.165) is 24.3 Å². The third kappa shape index (κ3) is 4.84. The van der Waals surface area contributed by atoms with Gasteiger partial charge in [0.15, 0.2) is 0 Å². The molecule has 28 heavy (non-hydrogen) atoms. The lowest BCUT2D eigenvalue weighted by molar-refractivity contribution is 0.102. The van der Waals surface area contributed by atoms with Crippen LogP contribution in [0.3, 0.4) is 0 Å². The smallest absolute Gasteiger partial charge is 0.255 e. The molecular weight excluding hydrogens is 351 g/mol. The minimum absolute atomic E-state index is 0.108. The highest BCUT2D eigenvalue weighted by Crippen LogP contribution is 2.30. The van der Waals surface area contributed by atoms with Gasteiger partial charge in [0.1, 0.15) is 5.82 Å². The van der Waals surface area contributed by atoms with Crippen molar-refractivity contribution in [2.75, 3.05) is 5.32 Å². The van der Waals surface area contributed by atoms with Crippen LogP contribution >= 0.6 is 0 Å². The number of nitrogens with one attached hydrogen (secondary N) is 1. The average molecular weight is 374 g/mol. The van der Waals surface area contributed by atoms with Crippen LogP contribution in [0.1, 0.15) is 34.3 Å². The van der Waals surface area contributed by atoms with E-state index in [1.165, 1.54) is 30.5 Å². The van der Waals surface area contributed by atoms with Gasteiger partial charge in [-0.05, 0) is 60.4 Å². The normalized spacial score (nSPS) is 13.5. The Bertz CT molecular complexity index is 919. The molecule has 0 atom stereocenters. The maximum absolute atomic E-state index is 13.1. The van der Waals surface area contributed by atoms with E-state index in [9.17, 15) is 9.18 Å². The number of hydrogen-bond donors (Lipinski definition) is 1. The van der Waals surface area contributed by atoms with E-state index in [2.05, 4.69) is 10.2 Å². The number of nitrogens with zero attached hydrogens (tertiary/aromatic N) is 1. The van der Waals surface area contributed by atoms with Gasteiger partial charge in [0.2, 0.25) is 0 Å². The first-order valence-corrected chi connectivity index (χ1v) is 9.61. The molecular formula is C24H23FN2O. The fourth-order valence-electron chi connectivity index (χ4n) is 3.30. The lowest BCUT2D eigenvalue weighted by Gasteiger charge is -2.22. The second-order valence-electron chi connectivity index (χ2n) is 7.28. The van der Waals surface area contributed by atoms with E-state index in [1.54, 1.807) is 0 Å². The summed E-state index contributed by atoms with van der Waals surface area (Å²) < 4.78 is 13.1. The second kappa shape index (κ2) is 8.36. The zero-order valence-corrected chi connectivity index (χ0v) is 15.6. The van der Waals surface area contributed by atoms with Gasteiger partial charge in [-0.15, -0.1) is 0 Å². The topological polar surface area (TPSA) is 32.3 Å². The first kappa shape index (κ1) is 18.4. The van der Waals surface area contributed by atoms with Gasteiger partial charge < -0.3 is 5.32 Å². The zero-order valence-electron chi connectivity index (χ0n) is 15.6. The number of rotatable bonds is 7. The number of para-hydroxylation sites is 1. The van der Waals surface area contributed by atoms with Crippen molar-refractivity contribution < 1.29 is 9.18 Å². The molecule has 1 fully saturated rings. The summed E-state index contributed by atoms with van der Waals surface area (Å²) in [4.78, 5) is 14.8. The van der Waals surface area contributed by atoms with Gasteiger partial charge in [0.25, 0.3) is 5.91 Å². The van der Waals surface area contributed by atoms with Gasteiger partial charge in [0.05, 0.1) is 0 Å². The summed E-state index contributed by atoms with van der Waals surface area (Å²) in [6.45, 7) is 1.63. The Morgan fingerprint density at radius 3 is 2.00 bits per heavy atom. The molecule has 1 aliphatic rings. The van der Waals surface area contributed by atoms with Crippen molar-refractivity contribution in [3.63, 3.8) is 0 Å². The van der Waals surface area contributed by atoms with E-state index in [-0.39, 0.29) is 11.7 Å². The largest absolute Gasteiger partial charge is 0.322 e. The van der Waals surface area contributed by atoms with E-state index < -0.39 is 0 Å². The molecule has 0 heterocycles. The standard InChI is InChI=1S/C24H23FN2O/c25-21-12-8-19(9-13-21)17-27(23-14-15-23)16-18-6-10-20(11-7-18)24(28)26-22-4-2-1-3-5-22/h1-13,23H,14-17H2,(H,26,28). The molecule has 4 rings (SSSR count). The van der Waals surface area contributed by atoms with Crippen molar-refractivity contribution in [1.82, 2.24) is 4.90 Å². The Kier molecular flexibility index (Phi) is 5.49. The number of carbonyl (C=O) groups excluding carboxylic acids is 1. The maximum Gasteiger partial charge on any atom is 0.255 e. The third-order valence-corrected chi connectivity index (χ3v) is 5.00. The van der Waals surface area contributed by atoms with Crippen LogP contribution < -0.4 is 5.32 Å². The number of benzene rings is 3. The lowest BCUT2D eigenvalue weighted by atomic mass is 10.1. The predicted octanol–water partition coefficient (Wildman–Crippen LogP) is 5.24. The summed E-state index contributed by atoms with van der Waals surface area (Å²) in [5, 5.41) is 2.90. The Balaban J connectivity index is 1.39. The molecule has 4 heteroatoms. The molecule has 0 spiro atoms. The molecule has 0 aliphatic heterocycles. The molecule has 1 amide bonds. The van der Waals surface area contributed by atoms with Crippen LogP contribution in [0.2, 0.25) is 0 Å². The van der Waals surface area contributed by atoms with Gasteiger partial charge in [-0.3, -0.25) is 9.69 Å². The molecule has 3 nitrogen and oxygen atoms in total. The molecule has 1 N–H and O–H groups in total. The number of amides is 1. The van der Waals surface area contributed by atoms with Gasteiger partial charge >= 0.3 is 0 Å². The molecule has 1 aliphatic carbocycles. The minimum Gasteiger partial charge on any atom is -0.322 e. The second-order valence-corrected chi connectivity index (χ2v) is 7.28. The molecule has 0 bridgehead atoms. The molecule has 3 aromatic rings. The molecule has 3 aromatic carbocycles. The fourth-order valence-corrected chi connectivity index (χ4v) is 3.30. The van der Waals surface area contributed by atoms with Crippen molar-refractivity contribution in [3.8, 4) is 0 Å². The van der Waals surface area contributed by atoms with Crippen LogP contribution in [0.4, 0.5) is 10.1 Å². The van der Waals surface area contributed by atoms with E-state index in [4.69, 9.17) is 0 Å². The van der Waals surface area contributed by atoms with Crippen LogP contribution in [0.5, 0.6) is 0 Å². The number of halogens is 1. The Morgan fingerprint density at radius 1 is 0.857 bits per heavy atom. The van der Waals surface area contributed by atoms with E-state index in [0.29, 0.717) is 11.6 Å². The number of anilines is 1. The lowest BCUT2D eigenvalue weighted by Crippen LogP contribution is -2.25. The molecule has 0 saturated heterocycles. The zero-order chi connectivity index (χ0) is 19.3. The fraction of sp³-hybridized carbons (Fsp3) is 0.208. The van der Waals surface area contributed by atoms with Crippen molar-refractivity contribution in [1.29, 1.82) is 0 Å². The first-order valence-electron chi connectivity index (χ1n) is 9.61. The van der Waals surface area contributed by atoms with Gasteiger partial charge in [-0.25, -0.2) is 4.39 Å². The first-order chi connectivity index (χ1) is 13.7. The third-order valence-electron chi connectivity index (χ3n) is 5.00. The van der Waals surface area contributed by atoms with Crippen LogP contribution in [0.25, 0.3) is 0 Å². The van der Waals surface area contributed by atoms with Gasteiger partial charge in [-0.1, -0.05) is 42.5 Å². The average Bonchev–Trinajstić information content (AvgIpc) is 3.56. The van der Waals surface area contributed by atoms with Crippen molar-refractivity contribution in [2.45, 2.75) is 32.0 Å². The molecule has 1 saturated carbocycles. The minimum atomic E-state index is -0.203.